The van der Waals surface area contributed by atoms with Crippen LogP contribution in [-0.4, -0.2) is 176 Å². The lowest BCUT2D eigenvalue weighted by molar-refractivity contribution is -0.148. The minimum Gasteiger partial charge on any atom is -0.484 e. The number of likely N-dealkylation sites (tertiary alicyclic amines) is 1. The third-order valence-corrected chi connectivity index (χ3v) is 20.2. The topological polar surface area (TPSA) is 282 Å². The summed E-state index contributed by atoms with van der Waals surface area (Å²) in [5.74, 6) is -3.04. The van der Waals surface area contributed by atoms with Crippen LogP contribution in [0.15, 0.2) is 70.5 Å². The molecule has 2 aromatic rings. The van der Waals surface area contributed by atoms with Crippen LogP contribution < -0.4 is 30.9 Å². The molecule has 87 heavy (non-hydrogen) atoms. The molecule has 9 atom stereocenters. The maximum absolute atomic E-state index is 14.6. The quantitative estimate of drug-likeness (QED) is 0.0648. The van der Waals surface area contributed by atoms with Crippen molar-refractivity contribution in [2.75, 3.05) is 48.5 Å². The smallest absolute Gasteiger partial charge is 0.276 e. The molecule has 1 aromatic heterocycles. The van der Waals surface area contributed by atoms with Crippen LogP contribution in [-0.2, 0) is 77.5 Å². The summed E-state index contributed by atoms with van der Waals surface area (Å²) in [5, 5.41) is 13.9. The summed E-state index contributed by atoms with van der Waals surface area (Å²) < 4.78 is 47.9. The van der Waals surface area contributed by atoms with E-state index >= 15 is 0 Å². The first-order chi connectivity index (χ1) is 41.4. The fraction of sp³-hybridized carbons (Fsp3) is 0.623. The van der Waals surface area contributed by atoms with Crippen molar-refractivity contribution in [3.05, 3.63) is 87.5 Å². The number of nitrogens with one attached hydrogen (secondary N) is 5. The Labute approximate surface area is 521 Å². The molecule has 5 N–H and O–H groups in total. The average molecular weight is 1270 g/mol. The van der Waals surface area contributed by atoms with Crippen LogP contribution in [0.1, 0.15) is 117 Å². The van der Waals surface area contributed by atoms with Crippen molar-refractivity contribution < 1.29 is 56.2 Å². The van der Waals surface area contributed by atoms with E-state index in [9.17, 15) is 42.0 Å². The van der Waals surface area contributed by atoms with Crippen molar-refractivity contribution in [2.24, 2.45) is 23.7 Å². The number of thioether (sulfide) groups is 2. The van der Waals surface area contributed by atoms with Crippen LogP contribution in [0.3, 0.4) is 0 Å². The molecule has 23 nitrogen and oxygen atoms in total. The lowest BCUT2D eigenvalue weighted by atomic mass is 9.89. The van der Waals surface area contributed by atoms with Gasteiger partial charge in [-0.25, -0.2) is 13.1 Å². The number of aromatic nitrogens is 3. The number of methoxy groups -OCH3 is 2. The first kappa shape index (κ1) is 70.0. The Morgan fingerprint density at radius 1 is 0.816 bits per heavy atom. The number of hydrogen-bond acceptors (Lipinski definition) is 17. The highest BCUT2D eigenvalue weighted by Gasteiger charge is 2.44. The highest BCUT2D eigenvalue weighted by atomic mass is 32.2. The highest BCUT2D eigenvalue weighted by Crippen LogP contribution is 2.35. The Hall–Kier alpha value is -6.06. The maximum Gasteiger partial charge on any atom is 0.276 e. The number of hydrogen-bond donors (Lipinski definition) is 5. The summed E-state index contributed by atoms with van der Waals surface area (Å²) in [6.45, 7) is 13.7. The zero-order valence-electron chi connectivity index (χ0n) is 52.4. The second-order valence-electron chi connectivity index (χ2n) is 23.7. The van der Waals surface area contributed by atoms with E-state index in [2.05, 4.69) is 54.7 Å². The molecule has 2 bridgehead atoms. The minimum atomic E-state index is -4.01. The molecule has 7 amide bonds. The number of fused-ring (bicyclic) bond motifs is 2. The molecule has 0 unspecified atom stereocenters. The first-order valence-electron chi connectivity index (χ1n) is 30.0. The van der Waals surface area contributed by atoms with E-state index in [1.54, 1.807) is 71.6 Å². The molecule has 6 rings (SSSR count). The largest absolute Gasteiger partial charge is 0.484 e. The summed E-state index contributed by atoms with van der Waals surface area (Å²) >= 11 is 3.39. The van der Waals surface area contributed by atoms with Crippen LogP contribution in [0, 0.1) is 23.7 Å². The molecule has 1 aromatic carbocycles. The standard InChI is InChI=1S/C61H91N11O12S3/c1-13-39(6)56(70(10)61(79)54(37(2)3)63-60(78)55(38(4)5)69(8)9)50(82-11)33-53(75)71-29-17-21-48(71)57(83-12)40(7)58(76)62-46(59(77)67-87(80,81)45-27-28-45)31-41-23-25-42(26-24-41)84-34-52(74)66-65-51(73)22-18-30-72-49-36-86-44-20-16-14-15-19-43(32-44)85-35-47(49)64-68-72/h14-16,19-20,23-26,32,37-40,45-46,48,50,54-57H,13,17-18,21-22,27-31,33-36H2,1-12H3,(H,62,76)(H,63,78)(H,65,73)(H,66,74)(H,67,77)/b15-14?,16-14-,19-15+,20-16?,43-19?,43-32?,44-20?,44-32?/t39-,40+,46-,48-,50+,54-,55-,56-,57+/m0/s1. The Bertz CT molecular complexity index is 2950. The monoisotopic (exact) mass is 1270 g/mol. The molecule has 480 valence electrons. The van der Waals surface area contributed by atoms with E-state index in [4.69, 9.17) is 14.2 Å². The number of hydrazine groups is 1. The van der Waals surface area contributed by atoms with Gasteiger partial charge in [0.05, 0.1) is 59.3 Å². The number of sulfonamides is 1. The third kappa shape index (κ3) is 19.7. The normalized spacial score (nSPS) is 19.5. The number of rotatable bonds is 30. The molecule has 4 aliphatic rings. The summed E-state index contributed by atoms with van der Waals surface area (Å²) in [6, 6.07) is 2.58. The number of aryl methyl sites for hydroxylation is 1. The molecular formula is C61H91N11O12S3. The van der Waals surface area contributed by atoms with Crippen LogP contribution in [0.4, 0.5) is 0 Å². The van der Waals surface area contributed by atoms with Gasteiger partial charge in [-0.05, 0) is 99.9 Å². The summed E-state index contributed by atoms with van der Waals surface area (Å²) in [6.07, 6.45) is 13.7. The van der Waals surface area contributed by atoms with Gasteiger partial charge in [0.15, 0.2) is 6.61 Å². The van der Waals surface area contributed by atoms with Crippen molar-refractivity contribution in [3.8, 4) is 5.75 Å². The zero-order chi connectivity index (χ0) is 63.7. The number of benzene rings is 1. The highest BCUT2D eigenvalue weighted by molar-refractivity contribution is 8.03. The van der Waals surface area contributed by atoms with E-state index in [1.165, 1.54) is 14.2 Å². The minimum absolute atomic E-state index is 0.00907. The van der Waals surface area contributed by atoms with E-state index in [1.807, 2.05) is 83.4 Å². The fourth-order valence-electron chi connectivity index (χ4n) is 11.2. The van der Waals surface area contributed by atoms with Gasteiger partial charge in [0.1, 0.15) is 17.8 Å². The van der Waals surface area contributed by atoms with Crippen molar-refractivity contribution in [1.29, 1.82) is 0 Å². The number of carbonyl (C=O) groups is 7. The number of allylic oxidation sites excluding steroid dienone is 6. The number of carbonyl (C=O) groups excluding carboxylic acids is 7. The molecule has 0 spiro atoms. The van der Waals surface area contributed by atoms with Crippen LogP contribution in [0.2, 0.25) is 0 Å². The van der Waals surface area contributed by atoms with Gasteiger partial charge < -0.3 is 34.6 Å². The summed E-state index contributed by atoms with van der Waals surface area (Å²) in [4.78, 5) is 104. The maximum atomic E-state index is 14.6. The first-order valence-corrected chi connectivity index (χ1v) is 33.6. The molecule has 3 heterocycles. The zero-order valence-corrected chi connectivity index (χ0v) is 54.9. The van der Waals surface area contributed by atoms with Crippen molar-refractivity contribution in [1.82, 2.24) is 55.9 Å². The van der Waals surface area contributed by atoms with Crippen LogP contribution in [0.5, 0.6) is 5.75 Å². The molecular weight excluding hydrogens is 1170 g/mol. The van der Waals surface area contributed by atoms with E-state index in [0.717, 1.165) is 21.2 Å². The lowest BCUT2D eigenvalue weighted by Crippen LogP contribution is -2.59. The fourth-order valence-corrected chi connectivity index (χ4v) is 14.6. The molecule has 26 heteroatoms. The molecule has 1 saturated heterocycles. The van der Waals surface area contributed by atoms with Crippen molar-refractivity contribution in [2.45, 2.75) is 172 Å². The SMILES string of the molecule is CC[C@H](C)[C@@H]([C@@H](CC(=O)N1CCC[C@H]1[C@H](OC)[C@@H](C)C(=O)N[C@@H](Cc1ccc(OCC(=O)NNC(=O)CCCn2nnc3c2CSC2=C/C=C\C=C\C(=C2)SC3)cc1)C(=O)NS(=O)(=O)C1CC1)OC)N(C)C(=O)[C@@H](NC(=O)[C@H](C(C)C)N(C)C)C(C)C. The predicted molar refractivity (Wildman–Crippen MR) is 335 cm³/mol. The van der Waals surface area contributed by atoms with Crippen LogP contribution in [0.25, 0.3) is 0 Å². The third-order valence-electron chi connectivity index (χ3n) is 16.3. The molecule has 2 aliphatic heterocycles. The van der Waals surface area contributed by atoms with Crippen molar-refractivity contribution >= 4 is 74.9 Å². The van der Waals surface area contributed by atoms with E-state index in [-0.39, 0.29) is 60.5 Å². The number of likely N-dealkylation sites (N-methyl/N-ethyl adjacent to an activating group) is 2. The second kappa shape index (κ2) is 33.0. The molecule has 2 fully saturated rings. The van der Waals surface area contributed by atoms with E-state index < -0.39 is 93.8 Å². The number of nitrogens with zero attached hydrogens (tertiary/aromatic N) is 6. The van der Waals surface area contributed by atoms with Crippen molar-refractivity contribution in [3.63, 3.8) is 0 Å². The number of amides is 7. The van der Waals surface area contributed by atoms with Gasteiger partial charge in [0.25, 0.3) is 11.8 Å². The number of ether oxygens (including phenoxy) is 3. The summed E-state index contributed by atoms with van der Waals surface area (Å²) in [5.41, 5.74) is 7.23. The van der Waals surface area contributed by atoms with E-state index in [0.29, 0.717) is 68.7 Å². The molecule has 1 saturated carbocycles. The van der Waals surface area contributed by atoms with Gasteiger partial charge in [-0.2, -0.15) is 0 Å². The van der Waals surface area contributed by atoms with Gasteiger partial charge in [0, 0.05) is 68.5 Å². The molecule has 2 aliphatic carbocycles. The van der Waals surface area contributed by atoms with Gasteiger partial charge in [-0.1, -0.05) is 90.5 Å². The van der Waals surface area contributed by atoms with Crippen LogP contribution >= 0.6 is 23.5 Å². The Morgan fingerprint density at radius 3 is 2.16 bits per heavy atom. The lowest BCUT2D eigenvalue weighted by Gasteiger charge is -2.41. The molecule has 0 radical (unpaired) electrons. The Morgan fingerprint density at radius 2 is 1.52 bits per heavy atom. The van der Waals surface area contributed by atoms with Gasteiger partial charge >= 0.3 is 0 Å². The Kier molecular flexibility index (Phi) is 26.5. The Balaban J connectivity index is 1.03. The summed E-state index contributed by atoms with van der Waals surface area (Å²) in [7, 11) is 4.29. The van der Waals surface area contributed by atoms with Gasteiger partial charge in [-0.15, -0.1) is 28.6 Å². The average Bonchev–Trinajstić information content (AvgIpc) is 3.05. The van der Waals surface area contributed by atoms with Gasteiger partial charge in [0.2, 0.25) is 39.6 Å². The van der Waals surface area contributed by atoms with Gasteiger partial charge in [-0.3, -0.25) is 54.0 Å². The second-order valence-corrected chi connectivity index (χ2v) is 27.8. The predicted octanol–water partition coefficient (Wildman–Crippen LogP) is 4.94.